The quantitative estimate of drug-likeness (QED) is 0.473. The summed E-state index contributed by atoms with van der Waals surface area (Å²) in [5, 5.41) is 0. The zero-order chi connectivity index (χ0) is 9.56. The standard InChI is InChI=1S/C9H17NO2/c1-5-8(7-10(3)4)9(11)12-6-2/h7H,5-6H2,1-4H3/b8-7+. The van der Waals surface area contributed by atoms with E-state index in [1.165, 1.54) is 0 Å². The monoisotopic (exact) mass is 171 g/mol. The summed E-state index contributed by atoms with van der Waals surface area (Å²) in [6.07, 6.45) is 2.50. The Morgan fingerprint density at radius 3 is 2.33 bits per heavy atom. The van der Waals surface area contributed by atoms with Crippen LogP contribution < -0.4 is 0 Å². The fraction of sp³-hybridized carbons (Fsp3) is 0.667. The molecule has 0 aliphatic heterocycles. The van der Waals surface area contributed by atoms with E-state index in [2.05, 4.69) is 0 Å². The Balaban J connectivity index is 4.23. The molecule has 0 heterocycles. The first-order chi connectivity index (χ1) is 5.61. The fourth-order valence-electron chi connectivity index (χ4n) is 0.824. The molecule has 3 heteroatoms. The van der Waals surface area contributed by atoms with Crippen LogP contribution >= 0.6 is 0 Å². The summed E-state index contributed by atoms with van der Waals surface area (Å²) < 4.78 is 4.86. The van der Waals surface area contributed by atoms with Crippen LogP contribution in [0.25, 0.3) is 0 Å². The molecule has 0 aromatic rings. The highest BCUT2D eigenvalue weighted by molar-refractivity contribution is 5.88. The van der Waals surface area contributed by atoms with E-state index in [0.717, 1.165) is 0 Å². The minimum Gasteiger partial charge on any atom is -0.463 e. The highest BCUT2D eigenvalue weighted by atomic mass is 16.5. The van der Waals surface area contributed by atoms with Crippen molar-refractivity contribution in [2.45, 2.75) is 20.3 Å². The minimum atomic E-state index is -0.214. The molecule has 12 heavy (non-hydrogen) atoms. The molecule has 0 aromatic carbocycles. The van der Waals surface area contributed by atoms with Crippen LogP contribution in [-0.2, 0) is 9.53 Å². The number of nitrogens with zero attached hydrogens (tertiary/aromatic N) is 1. The molecular formula is C9H17NO2. The summed E-state index contributed by atoms with van der Waals surface area (Å²) >= 11 is 0. The Morgan fingerprint density at radius 1 is 1.42 bits per heavy atom. The second-order valence-corrected chi connectivity index (χ2v) is 2.69. The number of carbonyl (C=O) groups is 1. The molecular weight excluding hydrogens is 154 g/mol. The van der Waals surface area contributed by atoms with Gasteiger partial charge in [-0.05, 0) is 13.3 Å². The Hall–Kier alpha value is -0.990. The van der Waals surface area contributed by atoms with Gasteiger partial charge in [0.05, 0.1) is 12.2 Å². The van der Waals surface area contributed by atoms with Crippen molar-refractivity contribution < 1.29 is 9.53 Å². The molecule has 0 spiro atoms. The van der Waals surface area contributed by atoms with E-state index in [1.54, 1.807) is 13.1 Å². The van der Waals surface area contributed by atoms with Crippen molar-refractivity contribution in [1.29, 1.82) is 0 Å². The SMILES string of the molecule is CCOC(=O)/C(=C/N(C)C)CC. The van der Waals surface area contributed by atoms with Gasteiger partial charge in [0, 0.05) is 20.3 Å². The lowest BCUT2D eigenvalue weighted by molar-refractivity contribution is -0.138. The molecule has 0 rings (SSSR count). The van der Waals surface area contributed by atoms with Gasteiger partial charge in [-0.15, -0.1) is 0 Å². The third-order valence-electron chi connectivity index (χ3n) is 1.33. The maximum Gasteiger partial charge on any atom is 0.335 e. The van der Waals surface area contributed by atoms with E-state index in [1.807, 2.05) is 25.9 Å². The molecule has 3 nitrogen and oxygen atoms in total. The molecule has 0 atom stereocenters. The third kappa shape index (κ3) is 4.01. The summed E-state index contributed by atoms with van der Waals surface area (Å²) in [6.45, 7) is 4.18. The van der Waals surface area contributed by atoms with Gasteiger partial charge in [0.25, 0.3) is 0 Å². The molecule has 70 valence electrons. The first-order valence-electron chi connectivity index (χ1n) is 4.16. The summed E-state index contributed by atoms with van der Waals surface area (Å²) in [4.78, 5) is 13.0. The van der Waals surface area contributed by atoms with Gasteiger partial charge in [0.1, 0.15) is 0 Å². The molecule has 0 N–H and O–H groups in total. The maximum atomic E-state index is 11.2. The number of ether oxygens (including phenoxy) is 1. The van der Waals surface area contributed by atoms with Gasteiger partial charge < -0.3 is 9.64 Å². The van der Waals surface area contributed by atoms with E-state index in [-0.39, 0.29) is 5.97 Å². The van der Waals surface area contributed by atoms with Gasteiger partial charge in [0.2, 0.25) is 0 Å². The first-order valence-corrected chi connectivity index (χ1v) is 4.16. The fourth-order valence-corrected chi connectivity index (χ4v) is 0.824. The van der Waals surface area contributed by atoms with E-state index in [4.69, 9.17) is 4.74 Å². The average molecular weight is 171 g/mol. The van der Waals surface area contributed by atoms with Crippen LogP contribution in [0.3, 0.4) is 0 Å². The second-order valence-electron chi connectivity index (χ2n) is 2.69. The normalized spacial score (nSPS) is 11.2. The largest absolute Gasteiger partial charge is 0.463 e. The van der Waals surface area contributed by atoms with Crippen LogP contribution in [0, 0.1) is 0 Å². The number of hydrogen-bond donors (Lipinski definition) is 0. The third-order valence-corrected chi connectivity index (χ3v) is 1.33. The molecule has 0 bridgehead atoms. The number of rotatable bonds is 4. The molecule has 0 fully saturated rings. The Kier molecular flexibility index (Phi) is 5.17. The molecule has 0 saturated heterocycles. The average Bonchev–Trinajstić information content (AvgIpc) is 2.00. The van der Waals surface area contributed by atoms with E-state index in [9.17, 15) is 4.79 Å². The van der Waals surface area contributed by atoms with E-state index >= 15 is 0 Å². The van der Waals surface area contributed by atoms with Crippen molar-refractivity contribution in [2.24, 2.45) is 0 Å². The van der Waals surface area contributed by atoms with Crippen molar-refractivity contribution in [1.82, 2.24) is 4.90 Å². The van der Waals surface area contributed by atoms with Crippen molar-refractivity contribution in [2.75, 3.05) is 20.7 Å². The van der Waals surface area contributed by atoms with E-state index in [0.29, 0.717) is 18.6 Å². The summed E-state index contributed by atoms with van der Waals surface area (Å²) in [6, 6.07) is 0. The van der Waals surface area contributed by atoms with Crippen molar-refractivity contribution in [3.8, 4) is 0 Å². The molecule has 0 amide bonds. The second kappa shape index (κ2) is 5.63. The van der Waals surface area contributed by atoms with Crippen LogP contribution in [0.4, 0.5) is 0 Å². The first kappa shape index (κ1) is 11.0. The molecule has 0 radical (unpaired) electrons. The van der Waals surface area contributed by atoms with Crippen LogP contribution in [-0.4, -0.2) is 31.6 Å². The van der Waals surface area contributed by atoms with Crippen molar-refractivity contribution >= 4 is 5.97 Å². The van der Waals surface area contributed by atoms with Crippen LogP contribution in [0.15, 0.2) is 11.8 Å². The van der Waals surface area contributed by atoms with Gasteiger partial charge in [-0.1, -0.05) is 6.92 Å². The predicted molar refractivity (Wildman–Crippen MR) is 48.7 cm³/mol. The van der Waals surface area contributed by atoms with Gasteiger partial charge in [-0.25, -0.2) is 4.79 Å². The Bertz CT molecular complexity index is 173. The van der Waals surface area contributed by atoms with Gasteiger partial charge in [0.15, 0.2) is 0 Å². The zero-order valence-electron chi connectivity index (χ0n) is 8.26. The van der Waals surface area contributed by atoms with Gasteiger partial charge >= 0.3 is 5.97 Å². The number of carbonyl (C=O) groups excluding carboxylic acids is 1. The zero-order valence-corrected chi connectivity index (χ0v) is 8.26. The molecule has 0 aromatic heterocycles. The summed E-state index contributed by atoms with van der Waals surface area (Å²) in [5.41, 5.74) is 0.710. The maximum absolute atomic E-state index is 11.2. The number of hydrogen-bond acceptors (Lipinski definition) is 3. The molecule has 0 aliphatic carbocycles. The van der Waals surface area contributed by atoms with Gasteiger partial charge in [-0.3, -0.25) is 0 Å². The highest BCUT2D eigenvalue weighted by Gasteiger charge is 2.07. The van der Waals surface area contributed by atoms with Crippen LogP contribution in [0.1, 0.15) is 20.3 Å². The predicted octanol–water partition coefficient (Wildman–Crippen LogP) is 1.41. The topological polar surface area (TPSA) is 29.5 Å². The highest BCUT2D eigenvalue weighted by Crippen LogP contribution is 2.03. The van der Waals surface area contributed by atoms with E-state index < -0.39 is 0 Å². The van der Waals surface area contributed by atoms with Crippen molar-refractivity contribution in [3.05, 3.63) is 11.8 Å². The van der Waals surface area contributed by atoms with Crippen LogP contribution in [0.5, 0.6) is 0 Å². The lowest BCUT2D eigenvalue weighted by atomic mass is 10.2. The number of esters is 1. The minimum absolute atomic E-state index is 0.214. The molecule has 0 saturated carbocycles. The van der Waals surface area contributed by atoms with Crippen molar-refractivity contribution in [3.63, 3.8) is 0 Å². The Labute approximate surface area is 74.0 Å². The van der Waals surface area contributed by atoms with Gasteiger partial charge in [-0.2, -0.15) is 0 Å². The molecule has 0 aliphatic rings. The smallest absolute Gasteiger partial charge is 0.335 e. The summed E-state index contributed by atoms with van der Waals surface area (Å²) in [7, 11) is 3.77. The van der Waals surface area contributed by atoms with Crippen LogP contribution in [0.2, 0.25) is 0 Å². The lowest BCUT2D eigenvalue weighted by Gasteiger charge is -2.09. The summed E-state index contributed by atoms with van der Waals surface area (Å²) in [5.74, 6) is -0.214. The lowest BCUT2D eigenvalue weighted by Crippen LogP contribution is -2.11. The molecule has 0 unspecified atom stereocenters. The Morgan fingerprint density at radius 2 is 2.00 bits per heavy atom.